The molecular weight excluding hydrogens is 367 g/mol. The molecule has 0 aliphatic carbocycles. The number of halogens is 1. The zero-order chi connectivity index (χ0) is 21.0. The predicted octanol–water partition coefficient (Wildman–Crippen LogP) is 3.56. The normalized spacial score (nSPS) is 16.4. The van der Waals surface area contributed by atoms with Crippen molar-refractivity contribution < 1.29 is 9.18 Å². The summed E-state index contributed by atoms with van der Waals surface area (Å²) in [5, 5.41) is 4.46. The quantitative estimate of drug-likeness (QED) is 0.714. The molecule has 1 atom stereocenters. The van der Waals surface area contributed by atoms with E-state index < -0.39 is 0 Å². The first kappa shape index (κ1) is 21.5. The van der Waals surface area contributed by atoms with Gasteiger partial charge < -0.3 is 4.90 Å². The highest BCUT2D eigenvalue weighted by Gasteiger charge is 2.31. The van der Waals surface area contributed by atoms with E-state index in [0.29, 0.717) is 18.8 Å². The molecule has 0 spiro atoms. The minimum Gasteiger partial charge on any atom is -0.343 e. The van der Waals surface area contributed by atoms with Gasteiger partial charge in [0.25, 0.3) is 0 Å². The van der Waals surface area contributed by atoms with Crippen molar-refractivity contribution in [1.82, 2.24) is 19.6 Å². The molecule has 1 amide bonds. The van der Waals surface area contributed by atoms with Gasteiger partial charge in [-0.2, -0.15) is 5.10 Å². The molecular formula is C23H33FN4O. The van der Waals surface area contributed by atoms with Crippen LogP contribution in [0.25, 0.3) is 0 Å². The molecule has 6 heteroatoms. The number of likely N-dealkylation sites (N-methyl/N-ethyl adjacent to an activating group) is 1. The van der Waals surface area contributed by atoms with Crippen molar-refractivity contribution in [2.24, 2.45) is 13.0 Å². The maximum Gasteiger partial charge on any atom is 0.222 e. The van der Waals surface area contributed by atoms with Crippen LogP contribution >= 0.6 is 0 Å². The largest absolute Gasteiger partial charge is 0.343 e. The first-order chi connectivity index (χ1) is 13.9. The van der Waals surface area contributed by atoms with Crippen LogP contribution in [-0.2, 0) is 24.8 Å². The Morgan fingerprint density at radius 1 is 1.28 bits per heavy atom. The number of likely N-dealkylation sites (tertiary alicyclic amines) is 1. The van der Waals surface area contributed by atoms with Crippen molar-refractivity contribution in [2.75, 3.05) is 20.1 Å². The number of hydrogen-bond acceptors (Lipinski definition) is 3. The van der Waals surface area contributed by atoms with Gasteiger partial charge in [-0.1, -0.05) is 25.1 Å². The van der Waals surface area contributed by atoms with Crippen molar-refractivity contribution in [1.29, 1.82) is 0 Å². The van der Waals surface area contributed by atoms with Gasteiger partial charge in [0.2, 0.25) is 5.91 Å². The lowest BCUT2D eigenvalue weighted by atomic mass is 9.84. The molecule has 0 N–H and O–H groups in total. The van der Waals surface area contributed by atoms with Gasteiger partial charge in [-0.15, -0.1) is 0 Å². The molecule has 3 rings (SSSR count). The molecule has 1 fully saturated rings. The molecule has 2 aromatic rings. The van der Waals surface area contributed by atoms with Crippen molar-refractivity contribution in [2.45, 2.75) is 52.1 Å². The first-order valence-electron chi connectivity index (χ1n) is 10.6. The molecule has 158 valence electrons. The molecule has 1 aliphatic heterocycles. The minimum absolute atomic E-state index is 0.137. The van der Waals surface area contributed by atoms with Crippen molar-refractivity contribution in [3.05, 3.63) is 53.1 Å². The van der Waals surface area contributed by atoms with E-state index in [4.69, 9.17) is 0 Å². The summed E-state index contributed by atoms with van der Waals surface area (Å²) in [5.41, 5.74) is 3.00. The Bertz CT molecular complexity index is 826. The average molecular weight is 401 g/mol. The topological polar surface area (TPSA) is 41.4 Å². The average Bonchev–Trinajstić information content (AvgIpc) is 3.03. The number of carbonyl (C=O) groups excluding carboxylic acids is 1. The van der Waals surface area contributed by atoms with Crippen molar-refractivity contribution in [3.63, 3.8) is 0 Å². The first-order valence-corrected chi connectivity index (χ1v) is 10.6. The van der Waals surface area contributed by atoms with E-state index in [-0.39, 0.29) is 17.8 Å². The number of carbonyl (C=O) groups is 1. The highest BCUT2D eigenvalue weighted by Crippen LogP contribution is 2.28. The maximum absolute atomic E-state index is 14.4. The Hall–Kier alpha value is -2.21. The van der Waals surface area contributed by atoms with Crippen LogP contribution in [0.2, 0.25) is 0 Å². The standard InChI is InChI=1S/C23H33FN4O/c1-5-23(29)28-12-10-18(11-13-28)22(14-19-8-6-7-9-21(19)24)26(3)15-20-16-27(4)25-17(20)2/h6-9,16,18,22H,5,10-15H2,1-4H3. The summed E-state index contributed by atoms with van der Waals surface area (Å²) in [4.78, 5) is 16.4. The lowest BCUT2D eigenvalue weighted by molar-refractivity contribution is -0.132. The van der Waals surface area contributed by atoms with E-state index in [0.717, 1.165) is 43.7 Å². The third-order valence-corrected chi connectivity index (χ3v) is 6.23. The van der Waals surface area contributed by atoms with Crippen LogP contribution in [0, 0.1) is 18.7 Å². The van der Waals surface area contributed by atoms with Gasteiger partial charge in [0.05, 0.1) is 5.69 Å². The molecule has 29 heavy (non-hydrogen) atoms. The Labute approximate surface area is 173 Å². The number of rotatable bonds is 7. The lowest BCUT2D eigenvalue weighted by Gasteiger charge is -2.40. The number of aryl methyl sites for hydroxylation is 2. The Morgan fingerprint density at radius 3 is 2.55 bits per heavy atom. The van der Waals surface area contributed by atoms with Crippen LogP contribution in [0.4, 0.5) is 4.39 Å². The van der Waals surface area contributed by atoms with E-state index in [2.05, 4.69) is 23.2 Å². The molecule has 1 unspecified atom stereocenters. The van der Waals surface area contributed by atoms with Gasteiger partial charge in [-0.25, -0.2) is 4.39 Å². The Morgan fingerprint density at radius 2 is 1.97 bits per heavy atom. The van der Waals surface area contributed by atoms with Gasteiger partial charge in [0, 0.05) is 50.9 Å². The number of nitrogens with zero attached hydrogens (tertiary/aromatic N) is 4. The molecule has 1 aromatic heterocycles. The summed E-state index contributed by atoms with van der Waals surface area (Å²) >= 11 is 0. The number of hydrogen-bond donors (Lipinski definition) is 0. The second-order valence-corrected chi connectivity index (χ2v) is 8.26. The molecule has 2 heterocycles. The molecule has 1 saturated heterocycles. The van der Waals surface area contributed by atoms with Gasteiger partial charge >= 0.3 is 0 Å². The SMILES string of the molecule is CCC(=O)N1CCC(C(Cc2ccccc2F)N(C)Cc2cn(C)nc2C)CC1. The van der Waals surface area contributed by atoms with Crippen LogP contribution in [0.15, 0.2) is 30.5 Å². The smallest absolute Gasteiger partial charge is 0.222 e. The Balaban J connectivity index is 1.77. The minimum atomic E-state index is -0.137. The van der Waals surface area contributed by atoms with E-state index in [1.807, 2.05) is 42.6 Å². The number of amides is 1. The number of aromatic nitrogens is 2. The molecule has 5 nitrogen and oxygen atoms in total. The highest BCUT2D eigenvalue weighted by molar-refractivity contribution is 5.75. The van der Waals surface area contributed by atoms with E-state index in [1.165, 1.54) is 5.56 Å². The van der Waals surface area contributed by atoms with Crippen LogP contribution in [0.3, 0.4) is 0 Å². The molecule has 1 aliphatic rings. The maximum atomic E-state index is 14.4. The lowest BCUT2D eigenvalue weighted by Crippen LogP contribution is -2.46. The van der Waals surface area contributed by atoms with E-state index >= 15 is 0 Å². The third-order valence-electron chi connectivity index (χ3n) is 6.23. The summed E-state index contributed by atoms with van der Waals surface area (Å²) < 4.78 is 16.3. The molecule has 1 aromatic carbocycles. The molecule has 0 saturated carbocycles. The fourth-order valence-corrected chi connectivity index (χ4v) is 4.52. The van der Waals surface area contributed by atoms with Crippen molar-refractivity contribution >= 4 is 5.91 Å². The molecule has 0 bridgehead atoms. The van der Waals surface area contributed by atoms with Gasteiger partial charge in [-0.3, -0.25) is 14.4 Å². The molecule has 0 radical (unpaired) electrons. The Kier molecular flexibility index (Phi) is 7.06. The third kappa shape index (κ3) is 5.24. The monoisotopic (exact) mass is 400 g/mol. The second-order valence-electron chi connectivity index (χ2n) is 8.26. The summed E-state index contributed by atoms with van der Waals surface area (Å²) in [7, 11) is 4.06. The predicted molar refractivity (Wildman–Crippen MR) is 113 cm³/mol. The van der Waals surface area contributed by atoms with Crippen LogP contribution in [0.1, 0.15) is 43.0 Å². The van der Waals surface area contributed by atoms with Crippen LogP contribution < -0.4 is 0 Å². The van der Waals surface area contributed by atoms with E-state index in [1.54, 1.807) is 12.1 Å². The van der Waals surface area contributed by atoms with E-state index in [9.17, 15) is 9.18 Å². The zero-order valence-corrected chi connectivity index (χ0v) is 18.1. The van der Waals surface area contributed by atoms with Crippen molar-refractivity contribution in [3.8, 4) is 0 Å². The fourth-order valence-electron chi connectivity index (χ4n) is 4.52. The van der Waals surface area contributed by atoms with Gasteiger partial charge in [0.1, 0.15) is 5.82 Å². The number of benzene rings is 1. The second kappa shape index (κ2) is 9.53. The van der Waals surface area contributed by atoms with Crippen LogP contribution in [-0.4, -0.2) is 51.7 Å². The zero-order valence-electron chi connectivity index (χ0n) is 18.1. The summed E-state index contributed by atoms with van der Waals surface area (Å²) in [5.74, 6) is 0.521. The fraction of sp³-hybridized carbons (Fsp3) is 0.565. The number of piperidine rings is 1. The van der Waals surface area contributed by atoms with Gasteiger partial charge in [0.15, 0.2) is 0 Å². The summed E-state index contributed by atoms with van der Waals surface area (Å²) in [6.45, 7) is 6.33. The summed E-state index contributed by atoms with van der Waals surface area (Å²) in [6, 6.07) is 7.29. The van der Waals surface area contributed by atoms with Crippen LogP contribution in [0.5, 0.6) is 0 Å². The highest BCUT2D eigenvalue weighted by atomic mass is 19.1. The van der Waals surface area contributed by atoms with Gasteiger partial charge in [-0.05, 0) is 50.8 Å². The summed E-state index contributed by atoms with van der Waals surface area (Å²) in [6.07, 6.45) is 5.22.